The van der Waals surface area contributed by atoms with E-state index < -0.39 is 17.9 Å². The zero-order valence-corrected chi connectivity index (χ0v) is 10.7. The molecule has 0 fully saturated rings. The van der Waals surface area contributed by atoms with Gasteiger partial charge in [-0.05, 0) is 25.5 Å². The van der Waals surface area contributed by atoms with Crippen molar-refractivity contribution in [1.29, 1.82) is 0 Å². The number of carboxylic acids is 1. The molecule has 5 nitrogen and oxygen atoms in total. The van der Waals surface area contributed by atoms with Crippen LogP contribution < -0.4 is 0 Å². The summed E-state index contributed by atoms with van der Waals surface area (Å²) in [6.07, 6.45) is 2.26. The van der Waals surface area contributed by atoms with E-state index in [1.807, 2.05) is 6.92 Å². The molecule has 0 saturated carbocycles. The number of aromatic carboxylic acids is 1. The van der Waals surface area contributed by atoms with Gasteiger partial charge in [-0.2, -0.15) is 0 Å². The summed E-state index contributed by atoms with van der Waals surface area (Å²) in [7, 11) is 0. The second-order valence-corrected chi connectivity index (χ2v) is 3.82. The number of carbonyl (C=O) groups is 3. The van der Waals surface area contributed by atoms with E-state index in [1.165, 1.54) is 31.2 Å². The minimum Gasteiger partial charge on any atom is -0.478 e. The molecule has 0 amide bonds. The molecule has 5 heteroatoms. The van der Waals surface area contributed by atoms with E-state index in [0.717, 1.165) is 0 Å². The summed E-state index contributed by atoms with van der Waals surface area (Å²) in [6, 6.07) is 5.57. The highest BCUT2D eigenvalue weighted by Gasteiger charge is 2.20. The van der Waals surface area contributed by atoms with Crippen molar-refractivity contribution in [3.05, 3.63) is 47.0 Å². The van der Waals surface area contributed by atoms with Crippen molar-refractivity contribution in [2.75, 3.05) is 0 Å². The summed E-state index contributed by atoms with van der Waals surface area (Å²) in [4.78, 5) is 34.2. The van der Waals surface area contributed by atoms with Crippen molar-refractivity contribution in [1.82, 2.24) is 0 Å². The second-order valence-electron chi connectivity index (χ2n) is 3.82. The molecule has 0 saturated heterocycles. The van der Waals surface area contributed by atoms with Gasteiger partial charge < -0.3 is 9.84 Å². The van der Waals surface area contributed by atoms with Crippen molar-refractivity contribution >= 4 is 17.9 Å². The van der Waals surface area contributed by atoms with Crippen molar-refractivity contribution in [3.63, 3.8) is 0 Å². The van der Waals surface area contributed by atoms with Crippen molar-refractivity contribution < 1.29 is 24.2 Å². The quantitative estimate of drug-likeness (QED) is 0.512. The van der Waals surface area contributed by atoms with Gasteiger partial charge in [0.1, 0.15) is 0 Å². The van der Waals surface area contributed by atoms with E-state index in [4.69, 9.17) is 5.11 Å². The van der Waals surface area contributed by atoms with Crippen LogP contribution in [0.2, 0.25) is 0 Å². The Labute approximate surface area is 110 Å². The fourth-order valence-corrected chi connectivity index (χ4v) is 1.46. The van der Waals surface area contributed by atoms with E-state index in [9.17, 15) is 14.4 Å². The minimum absolute atomic E-state index is 0.146. The van der Waals surface area contributed by atoms with E-state index in [-0.39, 0.29) is 11.1 Å². The normalized spacial score (nSPS) is 10.9. The lowest BCUT2D eigenvalue weighted by Crippen LogP contribution is -2.16. The Morgan fingerprint density at radius 2 is 1.79 bits per heavy atom. The lowest BCUT2D eigenvalue weighted by molar-refractivity contribution is -0.133. The molecule has 0 aliphatic carbocycles. The Balaban J connectivity index is 2.94. The molecule has 0 unspecified atom stereocenters. The molecule has 0 aliphatic rings. The summed E-state index contributed by atoms with van der Waals surface area (Å²) in [5.74, 6) is -2.99. The first-order chi connectivity index (χ1) is 8.97. The number of esters is 2. The number of hydrogen-bond acceptors (Lipinski definition) is 4. The molecule has 19 heavy (non-hydrogen) atoms. The van der Waals surface area contributed by atoms with Crippen LogP contribution in [0.1, 0.15) is 41.0 Å². The summed E-state index contributed by atoms with van der Waals surface area (Å²) < 4.78 is 4.63. The largest absolute Gasteiger partial charge is 0.478 e. The molecule has 1 aromatic carbocycles. The van der Waals surface area contributed by atoms with Gasteiger partial charge in [0.2, 0.25) is 0 Å². The molecule has 0 atom stereocenters. The first-order valence-corrected chi connectivity index (χ1v) is 5.73. The van der Waals surface area contributed by atoms with E-state index in [2.05, 4.69) is 4.74 Å². The maximum atomic E-state index is 11.8. The van der Waals surface area contributed by atoms with Crippen LogP contribution in [0, 0.1) is 0 Å². The van der Waals surface area contributed by atoms with Gasteiger partial charge in [-0.15, -0.1) is 0 Å². The predicted octanol–water partition coefficient (Wildman–Crippen LogP) is 2.42. The summed E-state index contributed by atoms with van der Waals surface area (Å²) >= 11 is 0. The lowest BCUT2D eigenvalue weighted by atomic mass is 10.1. The first kappa shape index (κ1) is 14.6. The Morgan fingerprint density at radius 1 is 1.21 bits per heavy atom. The standard InChI is InChI=1S/C14H14O5/c1-3-6-9(2)13(17)19-14(18)11-8-5-4-7-10(11)12(15)16/h4-8H,3H2,1-2H3,(H,15,16). The monoisotopic (exact) mass is 262 g/mol. The Bertz CT molecular complexity index is 543. The molecule has 1 aromatic rings. The van der Waals surface area contributed by atoms with Gasteiger partial charge in [-0.1, -0.05) is 25.1 Å². The molecule has 0 spiro atoms. The van der Waals surface area contributed by atoms with Crippen LogP contribution in [0.25, 0.3) is 0 Å². The Morgan fingerprint density at radius 3 is 2.32 bits per heavy atom. The van der Waals surface area contributed by atoms with Gasteiger partial charge in [-0.25, -0.2) is 14.4 Å². The van der Waals surface area contributed by atoms with Crippen LogP contribution in [0.3, 0.4) is 0 Å². The minimum atomic E-state index is -1.25. The zero-order chi connectivity index (χ0) is 14.4. The van der Waals surface area contributed by atoms with Crippen molar-refractivity contribution in [2.45, 2.75) is 20.3 Å². The Hall–Kier alpha value is -2.43. The molecule has 0 aromatic heterocycles. The Kier molecular flexibility index (Phi) is 5.00. The maximum Gasteiger partial charge on any atom is 0.346 e. The maximum absolute atomic E-state index is 11.8. The highest BCUT2D eigenvalue weighted by molar-refractivity contribution is 6.07. The van der Waals surface area contributed by atoms with Crippen molar-refractivity contribution in [2.24, 2.45) is 0 Å². The van der Waals surface area contributed by atoms with Crippen LogP contribution in [-0.4, -0.2) is 23.0 Å². The van der Waals surface area contributed by atoms with Gasteiger partial charge in [0.25, 0.3) is 0 Å². The van der Waals surface area contributed by atoms with Gasteiger partial charge in [0.15, 0.2) is 0 Å². The number of hydrogen-bond donors (Lipinski definition) is 1. The molecule has 0 heterocycles. The topological polar surface area (TPSA) is 80.7 Å². The summed E-state index contributed by atoms with van der Waals surface area (Å²) in [6.45, 7) is 3.38. The second kappa shape index (κ2) is 6.49. The smallest absolute Gasteiger partial charge is 0.346 e. The van der Waals surface area contributed by atoms with E-state index >= 15 is 0 Å². The summed E-state index contributed by atoms with van der Waals surface area (Å²) in [5, 5.41) is 8.94. The number of ether oxygens (including phenoxy) is 1. The number of rotatable bonds is 4. The lowest BCUT2D eigenvalue weighted by Gasteiger charge is -2.05. The zero-order valence-electron chi connectivity index (χ0n) is 10.7. The van der Waals surface area contributed by atoms with Gasteiger partial charge >= 0.3 is 17.9 Å². The van der Waals surface area contributed by atoms with Gasteiger partial charge in [0, 0.05) is 5.57 Å². The predicted molar refractivity (Wildman–Crippen MR) is 67.9 cm³/mol. The molecule has 0 bridgehead atoms. The highest BCUT2D eigenvalue weighted by atomic mass is 16.6. The average molecular weight is 262 g/mol. The average Bonchev–Trinajstić information content (AvgIpc) is 2.38. The number of allylic oxidation sites excluding steroid dienone is 1. The number of benzene rings is 1. The van der Waals surface area contributed by atoms with Crippen LogP contribution in [0.4, 0.5) is 0 Å². The molecule has 0 aliphatic heterocycles. The van der Waals surface area contributed by atoms with E-state index in [0.29, 0.717) is 12.0 Å². The number of carbonyl (C=O) groups excluding carboxylic acids is 2. The van der Waals surface area contributed by atoms with Gasteiger partial charge in [-0.3, -0.25) is 0 Å². The summed E-state index contributed by atoms with van der Waals surface area (Å²) in [5.41, 5.74) is -0.0336. The SMILES string of the molecule is CCC=C(C)C(=O)OC(=O)c1ccccc1C(=O)O. The fourth-order valence-electron chi connectivity index (χ4n) is 1.46. The van der Waals surface area contributed by atoms with Crippen LogP contribution >= 0.6 is 0 Å². The third-order valence-corrected chi connectivity index (χ3v) is 2.40. The van der Waals surface area contributed by atoms with Crippen LogP contribution in [0.5, 0.6) is 0 Å². The molecule has 1 N–H and O–H groups in total. The highest BCUT2D eigenvalue weighted by Crippen LogP contribution is 2.11. The van der Waals surface area contributed by atoms with Gasteiger partial charge in [0.05, 0.1) is 11.1 Å². The van der Waals surface area contributed by atoms with Crippen LogP contribution in [-0.2, 0) is 9.53 Å². The number of carboxylic acid groups (broad SMARTS) is 1. The molecule has 1 rings (SSSR count). The molecule has 0 radical (unpaired) electrons. The van der Waals surface area contributed by atoms with Crippen molar-refractivity contribution in [3.8, 4) is 0 Å². The van der Waals surface area contributed by atoms with E-state index in [1.54, 1.807) is 6.08 Å². The molecular formula is C14H14O5. The molecule has 100 valence electrons. The third-order valence-electron chi connectivity index (χ3n) is 2.40. The van der Waals surface area contributed by atoms with Crippen LogP contribution in [0.15, 0.2) is 35.9 Å². The fraction of sp³-hybridized carbons (Fsp3) is 0.214. The first-order valence-electron chi connectivity index (χ1n) is 5.73. The molecular weight excluding hydrogens is 248 g/mol. The third kappa shape index (κ3) is 3.77.